The molecule has 0 spiro atoms. The van der Waals surface area contributed by atoms with Crippen molar-refractivity contribution in [1.82, 2.24) is 24.6 Å². The van der Waals surface area contributed by atoms with Crippen molar-refractivity contribution in [3.05, 3.63) is 30.5 Å². The molecule has 2 aromatic heterocycles. The van der Waals surface area contributed by atoms with Crippen LogP contribution in [0.2, 0.25) is 0 Å². The second-order valence-corrected chi connectivity index (χ2v) is 3.72. The van der Waals surface area contributed by atoms with Gasteiger partial charge in [0.05, 0.1) is 6.54 Å². The summed E-state index contributed by atoms with van der Waals surface area (Å²) in [5.41, 5.74) is 5.47. The van der Waals surface area contributed by atoms with E-state index in [2.05, 4.69) is 15.1 Å². The van der Waals surface area contributed by atoms with Crippen molar-refractivity contribution in [3.63, 3.8) is 0 Å². The van der Waals surface area contributed by atoms with Gasteiger partial charge in [0.2, 0.25) is 5.91 Å². The molecule has 7 nitrogen and oxygen atoms in total. The van der Waals surface area contributed by atoms with Crippen LogP contribution < -0.4 is 5.73 Å². The Hall–Kier alpha value is -2.31. The quantitative estimate of drug-likeness (QED) is 0.769. The first-order valence-electron chi connectivity index (χ1n) is 5.16. The Morgan fingerprint density at radius 2 is 2.47 bits per heavy atom. The predicted molar refractivity (Wildman–Crippen MR) is 61.7 cm³/mol. The molecule has 0 unspecified atom stereocenters. The number of aromatic amines is 1. The number of nitrogens with zero attached hydrogens (tertiary/aromatic N) is 4. The molecule has 7 heteroatoms. The number of hydrogen-bond acceptors (Lipinski definition) is 4. The van der Waals surface area contributed by atoms with Crippen molar-refractivity contribution in [1.29, 1.82) is 0 Å². The lowest BCUT2D eigenvalue weighted by molar-refractivity contribution is -0.131. The SMILES string of the molecule is CN(Cc1ncc[nH]1)C(=O)Cn1ccc(N)n1. The highest BCUT2D eigenvalue weighted by atomic mass is 16.2. The van der Waals surface area contributed by atoms with Gasteiger partial charge in [-0.15, -0.1) is 0 Å². The summed E-state index contributed by atoms with van der Waals surface area (Å²) in [7, 11) is 1.72. The van der Waals surface area contributed by atoms with E-state index in [4.69, 9.17) is 5.73 Å². The van der Waals surface area contributed by atoms with Gasteiger partial charge in [0, 0.05) is 25.6 Å². The lowest BCUT2D eigenvalue weighted by Gasteiger charge is -2.15. The van der Waals surface area contributed by atoms with E-state index in [-0.39, 0.29) is 12.5 Å². The zero-order valence-electron chi connectivity index (χ0n) is 9.50. The lowest BCUT2D eigenvalue weighted by atomic mass is 10.4. The summed E-state index contributed by atoms with van der Waals surface area (Å²) in [6, 6.07) is 1.65. The highest BCUT2D eigenvalue weighted by Gasteiger charge is 2.11. The number of likely N-dealkylation sites (N-methyl/N-ethyl adjacent to an activating group) is 1. The van der Waals surface area contributed by atoms with Crippen LogP contribution in [0.4, 0.5) is 5.82 Å². The monoisotopic (exact) mass is 234 g/mol. The van der Waals surface area contributed by atoms with Crippen LogP contribution in [0.25, 0.3) is 0 Å². The van der Waals surface area contributed by atoms with Crippen LogP contribution in [0.5, 0.6) is 0 Å². The molecule has 0 aliphatic carbocycles. The van der Waals surface area contributed by atoms with E-state index < -0.39 is 0 Å². The Balaban J connectivity index is 1.91. The maximum atomic E-state index is 11.8. The Morgan fingerprint density at radius 3 is 3.06 bits per heavy atom. The van der Waals surface area contributed by atoms with Crippen molar-refractivity contribution in [2.24, 2.45) is 0 Å². The molecular weight excluding hydrogens is 220 g/mol. The van der Waals surface area contributed by atoms with Crippen molar-refractivity contribution >= 4 is 11.7 Å². The average molecular weight is 234 g/mol. The Bertz CT molecular complexity index is 489. The second-order valence-electron chi connectivity index (χ2n) is 3.72. The van der Waals surface area contributed by atoms with Gasteiger partial charge in [-0.3, -0.25) is 9.48 Å². The number of imidazole rings is 1. The molecule has 2 heterocycles. The molecule has 17 heavy (non-hydrogen) atoms. The van der Waals surface area contributed by atoms with Gasteiger partial charge in [0.25, 0.3) is 0 Å². The first-order chi connectivity index (χ1) is 8.15. The maximum absolute atomic E-state index is 11.8. The number of carbonyl (C=O) groups excluding carboxylic acids is 1. The topological polar surface area (TPSA) is 92.8 Å². The first-order valence-corrected chi connectivity index (χ1v) is 5.16. The summed E-state index contributed by atoms with van der Waals surface area (Å²) in [5, 5.41) is 3.95. The molecule has 2 rings (SSSR count). The maximum Gasteiger partial charge on any atom is 0.244 e. The number of aromatic nitrogens is 4. The average Bonchev–Trinajstić information content (AvgIpc) is 2.90. The van der Waals surface area contributed by atoms with Gasteiger partial charge in [-0.1, -0.05) is 0 Å². The van der Waals surface area contributed by atoms with Gasteiger partial charge in [0.15, 0.2) is 0 Å². The summed E-state index contributed by atoms with van der Waals surface area (Å²) in [5.74, 6) is 1.11. The molecule has 0 aliphatic rings. The molecule has 0 saturated heterocycles. The van der Waals surface area contributed by atoms with E-state index in [9.17, 15) is 4.79 Å². The Kier molecular flexibility index (Phi) is 3.08. The minimum absolute atomic E-state index is 0.0514. The summed E-state index contributed by atoms with van der Waals surface area (Å²) < 4.78 is 1.51. The fraction of sp³-hybridized carbons (Fsp3) is 0.300. The van der Waals surface area contributed by atoms with Gasteiger partial charge in [-0.05, 0) is 6.07 Å². The number of amides is 1. The van der Waals surface area contributed by atoms with Crippen molar-refractivity contribution in [2.45, 2.75) is 13.1 Å². The number of H-pyrrole nitrogens is 1. The van der Waals surface area contributed by atoms with Crippen LogP contribution in [0.15, 0.2) is 24.7 Å². The van der Waals surface area contributed by atoms with Gasteiger partial charge in [-0.2, -0.15) is 5.10 Å². The largest absolute Gasteiger partial charge is 0.382 e. The standard InChI is InChI=1S/C10H14N6O/c1-15(6-9-12-3-4-13-9)10(17)7-16-5-2-8(11)14-16/h2-5H,6-7H2,1H3,(H2,11,14)(H,12,13). The number of carbonyl (C=O) groups is 1. The van der Waals surface area contributed by atoms with E-state index in [0.717, 1.165) is 5.82 Å². The Labute approximate surface area is 98.2 Å². The van der Waals surface area contributed by atoms with Gasteiger partial charge in [-0.25, -0.2) is 4.98 Å². The van der Waals surface area contributed by atoms with E-state index in [1.165, 1.54) is 4.68 Å². The summed E-state index contributed by atoms with van der Waals surface area (Å²) in [4.78, 5) is 20.4. The van der Waals surface area contributed by atoms with Crippen molar-refractivity contribution in [2.75, 3.05) is 12.8 Å². The van der Waals surface area contributed by atoms with Gasteiger partial charge in [0.1, 0.15) is 18.2 Å². The zero-order valence-corrected chi connectivity index (χ0v) is 9.50. The third-order valence-corrected chi connectivity index (χ3v) is 2.33. The van der Waals surface area contributed by atoms with Crippen LogP contribution in [0.1, 0.15) is 5.82 Å². The van der Waals surface area contributed by atoms with Crippen LogP contribution in [0, 0.1) is 0 Å². The van der Waals surface area contributed by atoms with Gasteiger partial charge >= 0.3 is 0 Å². The number of nitrogens with one attached hydrogen (secondary N) is 1. The molecule has 1 amide bonds. The van der Waals surface area contributed by atoms with Crippen LogP contribution in [0.3, 0.4) is 0 Å². The predicted octanol–water partition coefficient (Wildman–Crippen LogP) is -0.153. The molecule has 0 aliphatic heterocycles. The van der Waals surface area contributed by atoms with E-state index >= 15 is 0 Å². The van der Waals surface area contributed by atoms with Crippen molar-refractivity contribution in [3.8, 4) is 0 Å². The van der Waals surface area contributed by atoms with E-state index in [1.54, 1.807) is 36.6 Å². The fourth-order valence-electron chi connectivity index (χ4n) is 1.42. The molecule has 0 atom stereocenters. The second kappa shape index (κ2) is 4.69. The highest BCUT2D eigenvalue weighted by molar-refractivity contribution is 5.75. The summed E-state index contributed by atoms with van der Waals surface area (Å²) in [6.45, 7) is 0.622. The number of hydrogen-bond donors (Lipinski definition) is 2. The number of nitrogen functional groups attached to an aromatic ring is 1. The molecular formula is C10H14N6O. The van der Waals surface area contributed by atoms with Crippen LogP contribution >= 0.6 is 0 Å². The smallest absolute Gasteiger partial charge is 0.244 e. The molecule has 90 valence electrons. The molecule has 2 aromatic rings. The normalized spacial score (nSPS) is 10.4. The summed E-state index contributed by atoms with van der Waals surface area (Å²) in [6.07, 6.45) is 5.05. The lowest BCUT2D eigenvalue weighted by Crippen LogP contribution is -2.30. The number of rotatable bonds is 4. The molecule has 0 aromatic carbocycles. The first kappa shape index (κ1) is 11.2. The Morgan fingerprint density at radius 1 is 1.65 bits per heavy atom. The summed E-state index contributed by atoms with van der Waals surface area (Å²) >= 11 is 0. The van der Waals surface area contributed by atoms with Gasteiger partial charge < -0.3 is 15.6 Å². The van der Waals surface area contributed by atoms with Crippen LogP contribution in [-0.4, -0.2) is 37.6 Å². The number of nitrogens with two attached hydrogens (primary N) is 1. The van der Waals surface area contributed by atoms with Crippen LogP contribution in [-0.2, 0) is 17.9 Å². The molecule has 0 radical (unpaired) electrons. The fourth-order valence-corrected chi connectivity index (χ4v) is 1.42. The molecule has 0 fully saturated rings. The van der Waals surface area contributed by atoms with Crippen molar-refractivity contribution < 1.29 is 4.79 Å². The molecule has 0 saturated carbocycles. The third-order valence-electron chi connectivity index (χ3n) is 2.33. The number of anilines is 1. The highest BCUT2D eigenvalue weighted by Crippen LogP contribution is 2.00. The molecule has 3 N–H and O–H groups in total. The zero-order chi connectivity index (χ0) is 12.3. The van der Waals surface area contributed by atoms with E-state index in [1.807, 2.05) is 0 Å². The third kappa shape index (κ3) is 2.83. The molecule has 0 bridgehead atoms. The van der Waals surface area contributed by atoms with E-state index in [0.29, 0.717) is 12.4 Å². The minimum atomic E-state index is -0.0514. The minimum Gasteiger partial charge on any atom is -0.382 e.